The summed E-state index contributed by atoms with van der Waals surface area (Å²) in [5.41, 5.74) is 0.539. The predicted molar refractivity (Wildman–Crippen MR) is 85.1 cm³/mol. The molecule has 0 radical (unpaired) electrons. The molecule has 1 amide bonds. The molecule has 100 valence electrons. The Morgan fingerprint density at radius 2 is 2.00 bits per heavy atom. The quantitative estimate of drug-likeness (QED) is 0.786. The van der Waals surface area contributed by atoms with Crippen LogP contribution in [0.5, 0.6) is 0 Å². The van der Waals surface area contributed by atoms with E-state index in [0.29, 0.717) is 5.02 Å². The summed E-state index contributed by atoms with van der Waals surface area (Å²) in [5, 5.41) is 6.66. The SMILES string of the molecule is CC(Nc1ccc(I)cc1Cl)C(=O)NC(C)(C)C. The maximum absolute atomic E-state index is 11.9. The van der Waals surface area contributed by atoms with Gasteiger partial charge in [0.25, 0.3) is 0 Å². The van der Waals surface area contributed by atoms with Crippen LogP contribution >= 0.6 is 34.2 Å². The van der Waals surface area contributed by atoms with Gasteiger partial charge in [0.2, 0.25) is 5.91 Å². The number of anilines is 1. The maximum Gasteiger partial charge on any atom is 0.242 e. The van der Waals surface area contributed by atoms with E-state index in [-0.39, 0.29) is 17.5 Å². The van der Waals surface area contributed by atoms with Crippen LogP contribution in [0.4, 0.5) is 5.69 Å². The van der Waals surface area contributed by atoms with Gasteiger partial charge in [-0.2, -0.15) is 0 Å². The molecular weight excluding hydrogens is 363 g/mol. The summed E-state index contributed by atoms with van der Waals surface area (Å²) in [5.74, 6) is -0.0443. The molecule has 1 unspecified atom stereocenters. The molecule has 1 aromatic carbocycles. The maximum atomic E-state index is 11.9. The Morgan fingerprint density at radius 3 is 2.50 bits per heavy atom. The number of carbonyl (C=O) groups is 1. The van der Waals surface area contributed by atoms with Crippen molar-refractivity contribution in [3.05, 3.63) is 26.8 Å². The van der Waals surface area contributed by atoms with Crippen molar-refractivity contribution in [2.24, 2.45) is 0 Å². The Morgan fingerprint density at radius 1 is 1.39 bits per heavy atom. The molecule has 0 aromatic heterocycles. The number of benzene rings is 1. The van der Waals surface area contributed by atoms with E-state index in [1.807, 2.05) is 45.9 Å². The molecule has 0 heterocycles. The van der Waals surface area contributed by atoms with E-state index in [4.69, 9.17) is 11.6 Å². The van der Waals surface area contributed by atoms with Gasteiger partial charge in [-0.25, -0.2) is 0 Å². The highest BCUT2D eigenvalue weighted by Gasteiger charge is 2.19. The summed E-state index contributed by atoms with van der Waals surface area (Å²) in [6, 6.07) is 5.36. The third-order valence-corrected chi connectivity index (χ3v) is 3.18. The van der Waals surface area contributed by atoms with E-state index >= 15 is 0 Å². The van der Waals surface area contributed by atoms with Gasteiger partial charge < -0.3 is 10.6 Å². The molecule has 3 nitrogen and oxygen atoms in total. The second-order valence-electron chi connectivity index (χ2n) is 5.23. The predicted octanol–water partition coefficient (Wildman–Crippen LogP) is 3.66. The van der Waals surface area contributed by atoms with Crippen LogP contribution in [0.15, 0.2) is 18.2 Å². The Hall–Kier alpha value is -0.490. The first-order valence-corrected chi connectivity index (χ1v) is 7.18. The highest BCUT2D eigenvalue weighted by molar-refractivity contribution is 14.1. The van der Waals surface area contributed by atoms with E-state index < -0.39 is 0 Å². The molecule has 0 fully saturated rings. The van der Waals surface area contributed by atoms with Crippen molar-refractivity contribution >= 4 is 45.8 Å². The number of halogens is 2. The minimum Gasteiger partial charge on any atom is -0.373 e. The van der Waals surface area contributed by atoms with E-state index in [1.165, 1.54) is 0 Å². The Labute approximate surface area is 127 Å². The monoisotopic (exact) mass is 380 g/mol. The Kier molecular flexibility index (Phi) is 5.28. The third-order valence-electron chi connectivity index (χ3n) is 2.19. The first-order valence-electron chi connectivity index (χ1n) is 5.72. The van der Waals surface area contributed by atoms with Crippen LogP contribution in [0.2, 0.25) is 5.02 Å². The molecule has 0 saturated heterocycles. The summed E-state index contributed by atoms with van der Waals surface area (Å²) in [6.45, 7) is 7.68. The van der Waals surface area contributed by atoms with Crippen LogP contribution < -0.4 is 10.6 Å². The van der Waals surface area contributed by atoms with Crippen LogP contribution in [0.3, 0.4) is 0 Å². The van der Waals surface area contributed by atoms with Crippen molar-refractivity contribution < 1.29 is 4.79 Å². The molecule has 5 heteroatoms. The number of carbonyl (C=O) groups excluding carboxylic acids is 1. The first kappa shape index (κ1) is 15.6. The van der Waals surface area contributed by atoms with Gasteiger partial charge in [-0.05, 0) is 68.5 Å². The fraction of sp³-hybridized carbons (Fsp3) is 0.462. The van der Waals surface area contributed by atoms with Gasteiger partial charge in [-0.1, -0.05) is 11.6 Å². The Balaban J connectivity index is 2.69. The standard InChI is InChI=1S/C13H18ClIN2O/c1-8(12(18)17-13(2,3)4)16-11-6-5-9(15)7-10(11)14/h5-8,16H,1-4H3,(H,17,18). The molecule has 0 bridgehead atoms. The third kappa shape index (κ3) is 5.02. The largest absolute Gasteiger partial charge is 0.373 e. The second kappa shape index (κ2) is 6.10. The lowest BCUT2D eigenvalue weighted by molar-refractivity contribution is -0.122. The molecule has 1 aromatic rings. The summed E-state index contributed by atoms with van der Waals surface area (Å²) in [7, 11) is 0. The molecule has 0 aliphatic heterocycles. The van der Waals surface area contributed by atoms with Crippen LogP contribution in [0.25, 0.3) is 0 Å². The number of rotatable bonds is 3. The summed E-state index contributed by atoms with van der Waals surface area (Å²) in [6.07, 6.45) is 0. The fourth-order valence-electron chi connectivity index (χ4n) is 1.38. The van der Waals surface area contributed by atoms with Crippen LogP contribution in [-0.2, 0) is 4.79 Å². The molecule has 0 saturated carbocycles. The van der Waals surface area contributed by atoms with Crippen molar-refractivity contribution in [2.45, 2.75) is 39.3 Å². The normalized spacial score (nSPS) is 13.0. The van der Waals surface area contributed by atoms with Crippen molar-refractivity contribution in [3.63, 3.8) is 0 Å². The van der Waals surface area contributed by atoms with E-state index in [9.17, 15) is 4.79 Å². The molecule has 2 N–H and O–H groups in total. The lowest BCUT2D eigenvalue weighted by Crippen LogP contribution is -2.47. The van der Waals surface area contributed by atoms with Crippen molar-refractivity contribution in [1.82, 2.24) is 5.32 Å². The molecular formula is C13H18ClIN2O. The van der Waals surface area contributed by atoms with Gasteiger partial charge in [0.1, 0.15) is 6.04 Å². The smallest absolute Gasteiger partial charge is 0.242 e. The fourth-order valence-corrected chi connectivity index (χ4v) is 2.29. The van der Waals surface area contributed by atoms with Crippen molar-refractivity contribution in [3.8, 4) is 0 Å². The highest BCUT2D eigenvalue weighted by Crippen LogP contribution is 2.24. The lowest BCUT2D eigenvalue weighted by Gasteiger charge is -2.24. The number of amides is 1. The van der Waals surface area contributed by atoms with Gasteiger partial charge in [-0.15, -0.1) is 0 Å². The molecule has 0 aliphatic carbocycles. The van der Waals surface area contributed by atoms with Gasteiger partial charge >= 0.3 is 0 Å². The van der Waals surface area contributed by atoms with Gasteiger partial charge in [0, 0.05) is 9.11 Å². The van der Waals surface area contributed by atoms with E-state index in [0.717, 1.165) is 9.26 Å². The minimum atomic E-state index is -0.332. The second-order valence-corrected chi connectivity index (χ2v) is 6.88. The lowest BCUT2D eigenvalue weighted by atomic mass is 10.1. The molecule has 1 atom stereocenters. The zero-order valence-electron chi connectivity index (χ0n) is 11.0. The molecule has 0 aliphatic rings. The zero-order chi connectivity index (χ0) is 13.9. The summed E-state index contributed by atoms with van der Waals surface area (Å²) < 4.78 is 1.06. The Bertz CT molecular complexity index is 443. The topological polar surface area (TPSA) is 41.1 Å². The first-order chi connectivity index (χ1) is 8.19. The number of hydrogen-bond acceptors (Lipinski definition) is 2. The summed E-state index contributed by atoms with van der Waals surface area (Å²) in [4.78, 5) is 11.9. The summed E-state index contributed by atoms with van der Waals surface area (Å²) >= 11 is 8.31. The highest BCUT2D eigenvalue weighted by atomic mass is 127. The van der Waals surface area contributed by atoms with Crippen molar-refractivity contribution in [2.75, 3.05) is 5.32 Å². The zero-order valence-corrected chi connectivity index (χ0v) is 13.9. The van der Waals surface area contributed by atoms with Gasteiger partial charge in [-0.3, -0.25) is 4.79 Å². The van der Waals surface area contributed by atoms with Crippen LogP contribution in [0.1, 0.15) is 27.7 Å². The average molecular weight is 381 g/mol. The van der Waals surface area contributed by atoms with Gasteiger partial charge in [0.05, 0.1) is 10.7 Å². The van der Waals surface area contributed by atoms with Crippen LogP contribution in [-0.4, -0.2) is 17.5 Å². The van der Waals surface area contributed by atoms with Gasteiger partial charge in [0.15, 0.2) is 0 Å². The average Bonchev–Trinajstić information content (AvgIpc) is 2.19. The van der Waals surface area contributed by atoms with E-state index in [1.54, 1.807) is 0 Å². The van der Waals surface area contributed by atoms with E-state index in [2.05, 4.69) is 33.2 Å². The molecule has 1 rings (SSSR count). The molecule has 18 heavy (non-hydrogen) atoms. The van der Waals surface area contributed by atoms with Crippen molar-refractivity contribution in [1.29, 1.82) is 0 Å². The number of nitrogens with one attached hydrogen (secondary N) is 2. The van der Waals surface area contributed by atoms with Crippen LogP contribution in [0, 0.1) is 3.57 Å². The number of hydrogen-bond donors (Lipinski definition) is 2. The molecule has 0 spiro atoms. The minimum absolute atomic E-state index is 0.0443.